The van der Waals surface area contributed by atoms with Crippen molar-refractivity contribution in [3.63, 3.8) is 0 Å². The lowest BCUT2D eigenvalue weighted by Gasteiger charge is -2.13. The fraction of sp³-hybridized carbons (Fsp3) is 0.0714. The Morgan fingerprint density at radius 1 is 0.892 bits per heavy atom. The molecule has 3 aromatic carbocycles. The third kappa shape index (κ3) is 6.07. The lowest BCUT2D eigenvalue weighted by molar-refractivity contribution is 0.619. The van der Waals surface area contributed by atoms with Gasteiger partial charge in [-0.25, -0.2) is 13.9 Å². The molecule has 186 valence electrons. The summed E-state index contributed by atoms with van der Waals surface area (Å²) in [5.41, 5.74) is 2.57. The summed E-state index contributed by atoms with van der Waals surface area (Å²) < 4.78 is 28.9. The lowest BCUT2D eigenvalue weighted by atomic mass is 9.96. The fourth-order valence-corrected chi connectivity index (χ4v) is 3.96. The first-order valence-corrected chi connectivity index (χ1v) is 12.4. The van der Waals surface area contributed by atoms with E-state index in [1.807, 2.05) is 30.5 Å². The fourth-order valence-electron chi connectivity index (χ4n) is 3.55. The van der Waals surface area contributed by atoms with Gasteiger partial charge in [0.15, 0.2) is 0 Å². The number of aryl methyl sites for hydroxylation is 1. The highest BCUT2D eigenvalue weighted by atomic mass is 32.2. The van der Waals surface area contributed by atoms with Crippen molar-refractivity contribution in [2.45, 2.75) is 11.8 Å². The molecular weight excluding hydrogens is 494 g/mol. The van der Waals surface area contributed by atoms with Crippen LogP contribution in [0.2, 0.25) is 0 Å². The number of hydrogen-bond acceptors (Lipinski definition) is 5. The van der Waals surface area contributed by atoms with Crippen LogP contribution in [0.5, 0.6) is 0 Å². The zero-order valence-corrected chi connectivity index (χ0v) is 20.8. The average molecular weight is 517 g/mol. The second kappa shape index (κ2) is 11.6. The summed E-state index contributed by atoms with van der Waals surface area (Å²) in [6, 6.07) is 21.0. The zero-order chi connectivity index (χ0) is 26.4. The number of aromatic amines is 1. The molecule has 0 aliphatic heterocycles. The van der Waals surface area contributed by atoms with Crippen molar-refractivity contribution in [1.82, 2.24) is 20.0 Å². The first-order chi connectivity index (χ1) is 17.9. The SMILES string of the molecule is CSc1ccc(-c2cnn(-c3ccc(F)cc3)c(=O)c2-c2ccc(C)c(F)c2)cc1.O=c1cccn[nH]1. The zero-order valence-electron chi connectivity index (χ0n) is 20.0. The van der Waals surface area contributed by atoms with Gasteiger partial charge < -0.3 is 0 Å². The van der Waals surface area contributed by atoms with E-state index in [9.17, 15) is 18.4 Å². The number of benzene rings is 3. The van der Waals surface area contributed by atoms with Crippen LogP contribution in [0.15, 0.2) is 106 Å². The summed E-state index contributed by atoms with van der Waals surface area (Å²) in [6.45, 7) is 1.67. The molecule has 0 fully saturated rings. The molecule has 2 aromatic heterocycles. The van der Waals surface area contributed by atoms with Crippen molar-refractivity contribution in [1.29, 1.82) is 0 Å². The number of aromatic nitrogens is 4. The van der Waals surface area contributed by atoms with E-state index in [-0.39, 0.29) is 11.4 Å². The maximum absolute atomic E-state index is 14.3. The van der Waals surface area contributed by atoms with Crippen molar-refractivity contribution in [3.05, 3.63) is 129 Å². The quantitative estimate of drug-likeness (QED) is 0.313. The standard InChI is InChI=1S/C24H18F2N2OS.C4H4N2O/c1-15-3-4-17(13-22(15)26)23-21(16-5-11-20(30-2)12-6-16)14-27-28(24(23)29)19-9-7-18(25)8-10-19;7-4-2-1-3-5-6-4/h3-14H,1-2H3;1-3H,(H,6,7). The van der Waals surface area contributed by atoms with Crippen molar-refractivity contribution in [2.75, 3.05) is 6.26 Å². The van der Waals surface area contributed by atoms with E-state index in [0.717, 1.165) is 10.5 Å². The smallest absolute Gasteiger partial charge is 0.268 e. The molecule has 0 atom stereocenters. The number of nitrogens with zero attached hydrogens (tertiary/aromatic N) is 3. The van der Waals surface area contributed by atoms with Gasteiger partial charge >= 0.3 is 0 Å². The number of nitrogens with one attached hydrogen (secondary N) is 1. The van der Waals surface area contributed by atoms with Gasteiger partial charge in [0.2, 0.25) is 0 Å². The summed E-state index contributed by atoms with van der Waals surface area (Å²) in [6.07, 6.45) is 5.09. The highest BCUT2D eigenvalue weighted by molar-refractivity contribution is 7.98. The molecule has 1 N–H and O–H groups in total. The van der Waals surface area contributed by atoms with Crippen molar-refractivity contribution < 1.29 is 8.78 Å². The van der Waals surface area contributed by atoms with Crippen LogP contribution in [0.4, 0.5) is 8.78 Å². The molecule has 37 heavy (non-hydrogen) atoms. The van der Waals surface area contributed by atoms with Crippen LogP contribution in [-0.4, -0.2) is 26.2 Å². The summed E-state index contributed by atoms with van der Waals surface area (Å²) in [4.78, 5) is 24.7. The van der Waals surface area contributed by atoms with Gasteiger partial charge in [-0.05, 0) is 78.4 Å². The Labute approximate surface area is 215 Å². The Kier molecular flexibility index (Phi) is 8.05. The van der Waals surface area contributed by atoms with Crippen molar-refractivity contribution in [2.24, 2.45) is 0 Å². The molecule has 0 saturated heterocycles. The third-order valence-electron chi connectivity index (χ3n) is 5.49. The molecule has 0 aliphatic carbocycles. The molecule has 0 saturated carbocycles. The third-order valence-corrected chi connectivity index (χ3v) is 6.24. The van der Waals surface area contributed by atoms with Gasteiger partial charge in [0.1, 0.15) is 11.6 Å². The van der Waals surface area contributed by atoms with E-state index in [1.165, 1.54) is 47.3 Å². The van der Waals surface area contributed by atoms with Gasteiger partial charge in [0.25, 0.3) is 11.1 Å². The monoisotopic (exact) mass is 516 g/mol. The Hall–Kier alpha value is -4.37. The predicted molar refractivity (Wildman–Crippen MR) is 142 cm³/mol. The van der Waals surface area contributed by atoms with E-state index in [4.69, 9.17) is 0 Å². The molecule has 5 aromatic rings. The first-order valence-electron chi connectivity index (χ1n) is 11.2. The van der Waals surface area contributed by atoms with E-state index < -0.39 is 11.4 Å². The van der Waals surface area contributed by atoms with E-state index in [0.29, 0.717) is 27.9 Å². The van der Waals surface area contributed by atoms with Crippen LogP contribution in [0.1, 0.15) is 5.56 Å². The van der Waals surface area contributed by atoms with Crippen molar-refractivity contribution in [3.8, 4) is 27.9 Å². The van der Waals surface area contributed by atoms with Crippen LogP contribution in [-0.2, 0) is 0 Å². The molecule has 0 radical (unpaired) electrons. The first kappa shape index (κ1) is 25.7. The average Bonchev–Trinajstić information content (AvgIpc) is 2.92. The largest absolute Gasteiger partial charge is 0.280 e. The Morgan fingerprint density at radius 2 is 1.59 bits per heavy atom. The second-order valence-electron chi connectivity index (χ2n) is 7.93. The van der Waals surface area contributed by atoms with Crippen LogP contribution in [0.25, 0.3) is 27.9 Å². The van der Waals surface area contributed by atoms with E-state index in [2.05, 4.69) is 15.3 Å². The van der Waals surface area contributed by atoms with Gasteiger partial charge in [-0.2, -0.15) is 14.9 Å². The maximum atomic E-state index is 14.3. The molecule has 9 heteroatoms. The molecule has 6 nitrogen and oxygen atoms in total. The molecule has 0 aliphatic rings. The molecular formula is C28H22F2N4O2S. The summed E-state index contributed by atoms with van der Waals surface area (Å²) in [5.74, 6) is -0.793. The minimum Gasteiger partial charge on any atom is -0.268 e. The molecule has 2 heterocycles. The summed E-state index contributed by atoms with van der Waals surface area (Å²) >= 11 is 1.62. The molecule has 0 unspecified atom stereocenters. The number of rotatable bonds is 4. The molecule has 5 rings (SSSR count). The van der Waals surface area contributed by atoms with Crippen LogP contribution < -0.4 is 11.1 Å². The second-order valence-corrected chi connectivity index (χ2v) is 8.81. The van der Waals surface area contributed by atoms with Crippen LogP contribution >= 0.6 is 11.8 Å². The van der Waals surface area contributed by atoms with Gasteiger partial charge in [-0.1, -0.05) is 24.3 Å². The summed E-state index contributed by atoms with van der Waals surface area (Å²) in [7, 11) is 0. The van der Waals surface area contributed by atoms with Crippen LogP contribution in [0.3, 0.4) is 0 Å². The lowest BCUT2D eigenvalue weighted by Crippen LogP contribution is -2.23. The number of H-pyrrole nitrogens is 1. The minimum absolute atomic E-state index is 0.164. The Morgan fingerprint density at radius 3 is 2.16 bits per heavy atom. The molecule has 0 bridgehead atoms. The van der Waals surface area contributed by atoms with Gasteiger partial charge in [-0.15, -0.1) is 11.8 Å². The van der Waals surface area contributed by atoms with E-state index >= 15 is 0 Å². The molecule has 0 spiro atoms. The highest BCUT2D eigenvalue weighted by Gasteiger charge is 2.17. The normalized spacial score (nSPS) is 10.5. The molecule has 0 amide bonds. The number of hydrogen-bond donors (Lipinski definition) is 1. The minimum atomic E-state index is -0.406. The summed E-state index contributed by atoms with van der Waals surface area (Å²) in [5, 5.41) is 9.98. The topological polar surface area (TPSA) is 80.6 Å². The van der Waals surface area contributed by atoms with E-state index in [1.54, 1.807) is 43.1 Å². The van der Waals surface area contributed by atoms with Gasteiger partial charge in [0, 0.05) is 22.7 Å². The maximum Gasteiger partial charge on any atom is 0.280 e. The van der Waals surface area contributed by atoms with Crippen LogP contribution in [0, 0.1) is 18.6 Å². The Bertz CT molecular complexity index is 1620. The number of thioether (sulfide) groups is 1. The van der Waals surface area contributed by atoms with Gasteiger partial charge in [0.05, 0.1) is 17.4 Å². The highest BCUT2D eigenvalue weighted by Crippen LogP contribution is 2.31. The van der Waals surface area contributed by atoms with Crippen molar-refractivity contribution >= 4 is 11.8 Å². The van der Waals surface area contributed by atoms with Gasteiger partial charge in [-0.3, -0.25) is 9.59 Å². The number of halogens is 2. The predicted octanol–water partition coefficient (Wildman–Crippen LogP) is 5.64. The Balaban J connectivity index is 0.000000396.